The van der Waals surface area contributed by atoms with Crippen molar-refractivity contribution in [1.29, 1.82) is 0 Å². The molecular weight excluding hydrogens is 372 g/mol. The van der Waals surface area contributed by atoms with Crippen LogP contribution in [0.4, 0.5) is 0 Å². The van der Waals surface area contributed by atoms with Crippen LogP contribution in [0.2, 0.25) is 0 Å². The van der Waals surface area contributed by atoms with Crippen LogP contribution in [0.15, 0.2) is 72.8 Å². The van der Waals surface area contributed by atoms with Gasteiger partial charge in [0, 0.05) is 36.1 Å². The summed E-state index contributed by atoms with van der Waals surface area (Å²) < 4.78 is 1.93. The lowest BCUT2D eigenvalue weighted by atomic mass is 10.1. The van der Waals surface area contributed by atoms with Gasteiger partial charge in [0.2, 0.25) is 0 Å². The number of carboxylic acids is 1. The van der Waals surface area contributed by atoms with Crippen LogP contribution in [0.1, 0.15) is 38.3 Å². The van der Waals surface area contributed by atoms with E-state index in [4.69, 9.17) is 0 Å². The third-order valence-electron chi connectivity index (χ3n) is 5.46. The van der Waals surface area contributed by atoms with E-state index < -0.39 is 5.97 Å². The largest absolute Gasteiger partial charge is 0.477 e. The van der Waals surface area contributed by atoms with Crippen LogP contribution in [0.25, 0.3) is 10.9 Å². The highest BCUT2D eigenvalue weighted by Gasteiger charge is 2.22. The summed E-state index contributed by atoms with van der Waals surface area (Å²) in [4.78, 5) is 12.3. The maximum atomic E-state index is 12.3. The Labute approximate surface area is 176 Å². The van der Waals surface area contributed by atoms with Gasteiger partial charge in [-0.05, 0) is 36.6 Å². The first-order valence-electron chi connectivity index (χ1n) is 10.2. The van der Waals surface area contributed by atoms with E-state index in [9.17, 15) is 9.90 Å². The summed E-state index contributed by atoms with van der Waals surface area (Å²) in [6, 6.07) is 24.5. The number of aryl methyl sites for hydroxylation is 2. The van der Waals surface area contributed by atoms with Gasteiger partial charge in [-0.2, -0.15) is 0 Å². The first-order chi connectivity index (χ1) is 14.5. The minimum absolute atomic E-state index is 0.357. The zero-order valence-electron chi connectivity index (χ0n) is 17.4. The molecule has 4 nitrogen and oxygen atoms in total. The van der Waals surface area contributed by atoms with Crippen LogP contribution < -0.4 is 5.32 Å². The number of rotatable bonds is 7. The lowest BCUT2D eigenvalue weighted by Gasteiger charge is -2.10. The molecule has 0 atom stereocenters. The van der Waals surface area contributed by atoms with Crippen LogP contribution in [-0.2, 0) is 19.6 Å². The van der Waals surface area contributed by atoms with E-state index in [0.29, 0.717) is 25.3 Å². The third kappa shape index (κ3) is 4.14. The van der Waals surface area contributed by atoms with E-state index in [-0.39, 0.29) is 0 Å². The van der Waals surface area contributed by atoms with E-state index in [0.717, 1.165) is 27.6 Å². The molecule has 3 aromatic carbocycles. The summed E-state index contributed by atoms with van der Waals surface area (Å²) in [6.07, 6.45) is 0. The van der Waals surface area contributed by atoms with Crippen molar-refractivity contribution in [2.45, 2.75) is 33.5 Å². The topological polar surface area (TPSA) is 54.3 Å². The Morgan fingerprint density at radius 1 is 0.867 bits per heavy atom. The number of hydrogen-bond acceptors (Lipinski definition) is 2. The Kier molecular flexibility index (Phi) is 5.68. The van der Waals surface area contributed by atoms with Gasteiger partial charge in [-0.1, -0.05) is 72.3 Å². The second kappa shape index (κ2) is 8.56. The summed E-state index contributed by atoms with van der Waals surface area (Å²) in [5.41, 5.74) is 6.76. The molecule has 0 spiro atoms. The van der Waals surface area contributed by atoms with Gasteiger partial charge in [0.25, 0.3) is 0 Å². The summed E-state index contributed by atoms with van der Waals surface area (Å²) in [5.74, 6) is -0.896. The number of carboxylic acid groups (broad SMARTS) is 1. The fourth-order valence-electron chi connectivity index (χ4n) is 3.92. The van der Waals surface area contributed by atoms with Gasteiger partial charge >= 0.3 is 5.97 Å². The molecule has 0 amide bonds. The van der Waals surface area contributed by atoms with Crippen molar-refractivity contribution in [2.75, 3.05) is 0 Å². The molecule has 4 aromatic rings. The fraction of sp³-hybridized carbons (Fsp3) is 0.192. The summed E-state index contributed by atoms with van der Waals surface area (Å²) in [7, 11) is 0. The number of aromatic nitrogens is 1. The second-order valence-corrected chi connectivity index (χ2v) is 7.81. The van der Waals surface area contributed by atoms with Crippen molar-refractivity contribution < 1.29 is 9.90 Å². The predicted octanol–water partition coefficient (Wildman–Crippen LogP) is 5.29. The molecule has 0 radical (unpaired) electrons. The zero-order chi connectivity index (χ0) is 21.1. The highest BCUT2D eigenvalue weighted by molar-refractivity contribution is 5.98. The number of nitrogens with one attached hydrogen (secondary N) is 1. The van der Waals surface area contributed by atoms with Gasteiger partial charge in [-0.15, -0.1) is 0 Å². The van der Waals surface area contributed by atoms with Crippen LogP contribution in [0, 0.1) is 13.8 Å². The Morgan fingerprint density at radius 3 is 2.27 bits per heavy atom. The molecule has 0 aliphatic heterocycles. The monoisotopic (exact) mass is 398 g/mol. The van der Waals surface area contributed by atoms with Crippen molar-refractivity contribution >= 4 is 16.9 Å². The first-order valence-corrected chi connectivity index (χ1v) is 10.2. The standard InChI is InChI=1S/C26H26N2O2/c1-18-8-11-20(12-9-18)15-27-16-23-22-13-10-19(2)14-24(22)28(25(23)26(29)30)17-21-6-4-3-5-7-21/h3-14,27H,15-17H2,1-2H3,(H,29,30). The van der Waals surface area contributed by atoms with E-state index >= 15 is 0 Å². The van der Waals surface area contributed by atoms with Gasteiger partial charge in [-0.3, -0.25) is 0 Å². The minimum atomic E-state index is -0.896. The van der Waals surface area contributed by atoms with Crippen LogP contribution >= 0.6 is 0 Å². The smallest absolute Gasteiger partial charge is 0.352 e. The fourth-order valence-corrected chi connectivity index (χ4v) is 3.92. The van der Waals surface area contributed by atoms with E-state index in [1.807, 2.05) is 54.0 Å². The number of aromatic carboxylic acids is 1. The number of hydrogen-bond donors (Lipinski definition) is 2. The average molecular weight is 399 g/mol. The quantitative estimate of drug-likeness (QED) is 0.444. The van der Waals surface area contributed by atoms with Crippen molar-refractivity contribution in [1.82, 2.24) is 9.88 Å². The number of nitrogens with zero attached hydrogens (tertiary/aromatic N) is 1. The molecule has 1 heterocycles. The van der Waals surface area contributed by atoms with E-state index in [1.165, 1.54) is 11.1 Å². The molecule has 0 saturated heterocycles. The molecular formula is C26H26N2O2. The van der Waals surface area contributed by atoms with Crippen molar-refractivity contribution in [2.24, 2.45) is 0 Å². The molecule has 0 aliphatic carbocycles. The number of carbonyl (C=O) groups is 1. The molecule has 1 aromatic heterocycles. The molecule has 30 heavy (non-hydrogen) atoms. The zero-order valence-corrected chi connectivity index (χ0v) is 17.4. The first kappa shape index (κ1) is 19.9. The minimum Gasteiger partial charge on any atom is -0.477 e. The van der Waals surface area contributed by atoms with Crippen molar-refractivity contribution in [3.05, 3.63) is 106 Å². The second-order valence-electron chi connectivity index (χ2n) is 7.81. The highest BCUT2D eigenvalue weighted by atomic mass is 16.4. The maximum absolute atomic E-state index is 12.3. The van der Waals surface area contributed by atoms with Crippen molar-refractivity contribution in [3.8, 4) is 0 Å². The summed E-state index contributed by atoms with van der Waals surface area (Å²) in [6.45, 7) is 5.82. The Hall–Kier alpha value is -3.37. The third-order valence-corrected chi connectivity index (χ3v) is 5.46. The lowest BCUT2D eigenvalue weighted by Crippen LogP contribution is -2.17. The van der Waals surface area contributed by atoms with Crippen LogP contribution in [0.5, 0.6) is 0 Å². The average Bonchev–Trinajstić information content (AvgIpc) is 3.03. The van der Waals surface area contributed by atoms with Crippen LogP contribution in [0.3, 0.4) is 0 Å². The van der Waals surface area contributed by atoms with Gasteiger partial charge in [0.05, 0.1) is 0 Å². The molecule has 4 heteroatoms. The van der Waals surface area contributed by atoms with E-state index in [1.54, 1.807) is 0 Å². The van der Waals surface area contributed by atoms with Gasteiger partial charge in [0.1, 0.15) is 5.69 Å². The SMILES string of the molecule is Cc1ccc(CNCc2c(C(=O)O)n(Cc3ccccc3)c3cc(C)ccc23)cc1. The molecule has 0 aliphatic rings. The summed E-state index contributed by atoms with van der Waals surface area (Å²) >= 11 is 0. The van der Waals surface area contributed by atoms with Gasteiger partial charge < -0.3 is 15.0 Å². The molecule has 2 N–H and O–H groups in total. The predicted molar refractivity (Wildman–Crippen MR) is 121 cm³/mol. The molecule has 0 bridgehead atoms. The molecule has 0 saturated carbocycles. The van der Waals surface area contributed by atoms with Gasteiger partial charge in [0.15, 0.2) is 0 Å². The van der Waals surface area contributed by atoms with Crippen molar-refractivity contribution in [3.63, 3.8) is 0 Å². The Morgan fingerprint density at radius 2 is 1.57 bits per heavy atom. The molecule has 0 fully saturated rings. The highest BCUT2D eigenvalue weighted by Crippen LogP contribution is 2.28. The Bertz CT molecular complexity index is 1180. The normalized spacial score (nSPS) is 11.1. The molecule has 0 unspecified atom stereocenters. The molecule has 4 rings (SSSR count). The van der Waals surface area contributed by atoms with E-state index in [2.05, 4.69) is 42.6 Å². The number of fused-ring (bicyclic) bond motifs is 1. The number of benzene rings is 3. The lowest BCUT2D eigenvalue weighted by molar-refractivity contribution is 0.0685. The maximum Gasteiger partial charge on any atom is 0.352 e. The summed E-state index contributed by atoms with van der Waals surface area (Å²) in [5, 5.41) is 14.5. The van der Waals surface area contributed by atoms with Gasteiger partial charge in [-0.25, -0.2) is 4.79 Å². The Balaban J connectivity index is 1.71. The molecule has 152 valence electrons. The van der Waals surface area contributed by atoms with Crippen LogP contribution in [-0.4, -0.2) is 15.6 Å².